The molecule has 0 radical (unpaired) electrons. The monoisotopic (exact) mass is 493 g/mol. The molecule has 192 valence electrons. The average molecular weight is 494 g/mol. The van der Waals surface area contributed by atoms with Crippen molar-refractivity contribution >= 4 is 10.8 Å². The van der Waals surface area contributed by atoms with Crippen LogP contribution in [0.3, 0.4) is 0 Å². The minimum atomic E-state index is -1.00. The van der Waals surface area contributed by atoms with E-state index >= 15 is 0 Å². The number of aliphatic hydroxyl groups excluding tert-OH is 1. The van der Waals surface area contributed by atoms with Crippen LogP contribution in [0.1, 0.15) is 36.7 Å². The van der Waals surface area contributed by atoms with Gasteiger partial charge >= 0.3 is 0 Å². The minimum absolute atomic E-state index is 0.319. The topological polar surface area (TPSA) is 92.4 Å². The molecule has 0 spiro atoms. The number of hydrogen-bond acceptors (Lipinski definition) is 7. The van der Waals surface area contributed by atoms with E-state index in [9.17, 15) is 5.11 Å². The van der Waals surface area contributed by atoms with Gasteiger partial charge in [-0.2, -0.15) is 0 Å². The summed E-state index contributed by atoms with van der Waals surface area (Å²) in [7, 11) is 0. The SMILES string of the molecule is NCCCCCOC1OC2COC(c3ccccc3)OC2C(OCc2ccc3ccccc3c2)C1O. The summed E-state index contributed by atoms with van der Waals surface area (Å²) in [6.45, 7) is 1.79. The van der Waals surface area contributed by atoms with E-state index < -0.39 is 37.0 Å². The standard InChI is InChI=1S/C29H35NO6/c30-15-7-2-8-16-32-29-25(31)27(33-18-20-13-14-21-9-5-6-12-23(21)17-20)26-24(35-29)19-34-28(36-26)22-10-3-1-4-11-22/h1,3-6,9-14,17,24-29,31H,2,7-8,15-16,18-19,30H2. The van der Waals surface area contributed by atoms with Gasteiger partial charge < -0.3 is 34.5 Å². The number of fused-ring (bicyclic) bond motifs is 2. The summed E-state index contributed by atoms with van der Waals surface area (Å²) in [5, 5.41) is 13.6. The first-order valence-electron chi connectivity index (χ1n) is 12.8. The van der Waals surface area contributed by atoms with Crippen LogP contribution in [0.4, 0.5) is 0 Å². The Bertz CT molecular complexity index is 1100. The van der Waals surface area contributed by atoms with Crippen molar-refractivity contribution in [2.75, 3.05) is 19.8 Å². The first-order chi connectivity index (χ1) is 17.7. The predicted octanol–water partition coefficient (Wildman–Crippen LogP) is 4.07. The van der Waals surface area contributed by atoms with Crippen LogP contribution >= 0.6 is 0 Å². The fraction of sp³-hybridized carbons (Fsp3) is 0.448. The number of rotatable bonds is 10. The highest BCUT2D eigenvalue weighted by Crippen LogP contribution is 2.36. The molecule has 0 aliphatic carbocycles. The number of hydrogen-bond donors (Lipinski definition) is 2. The fourth-order valence-corrected chi connectivity index (χ4v) is 4.81. The van der Waals surface area contributed by atoms with Gasteiger partial charge in [-0.1, -0.05) is 66.7 Å². The van der Waals surface area contributed by atoms with E-state index in [2.05, 4.69) is 30.3 Å². The summed E-state index contributed by atoms with van der Waals surface area (Å²) < 4.78 is 30.7. The van der Waals surface area contributed by atoms with Gasteiger partial charge in [-0.25, -0.2) is 0 Å². The summed E-state index contributed by atoms with van der Waals surface area (Å²) >= 11 is 0. The highest BCUT2D eigenvalue weighted by atomic mass is 16.8. The molecule has 0 amide bonds. The molecule has 3 aromatic rings. The van der Waals surface area contributed by atoms with Gasteiger partial charge in [-0.15, -0.1) is 0 Å². The summed E-state index contributed by atoms with van der Waals surface area (Å²) in [5.74, 6) is 0. The van der Waals surface area contributed by atoms with Crippen molar-refractivity contribution in [3.8, 4) is 0 Å². The summed E-state index contributed by atoms with van der Waals surface area (Å²) in [5.41, 5.74) is 7.52. The van der Waals surface area contributed by atoms with Crippen molar-refractivity contribution in [1.29, 1.82) is 0 Å². The second kappa shape index (κ2) is 12.3. The highest BCUT2D eigenvalue weighted by molar-refractivity contribution is 5.82. The Balaban J connectivity index is 1.30. The zero-order valence-corrected chi connectivity index (χ0v) is 20.4. The van der Waals surface area contributed by atoms with Gasteiger partial charge in [-0.3, -0.25) is 0 Å². The van der Waals surface area contributed by atoms with Crippen molar-refractivity contribution in [3.05, 3.63) is 83.9 Å². The van der Waals surface area contributed by atoms with Crippen molar-refractivity contribution in [2.45, 2.75) is 62.9 Å². The number of nitrogens with two attached hydrogens (primary N) is 1. The Morgan fingerprint density at radius 2 is 1.67 bits per heavy atom. The van der Waals surface area contributed by atoms with Gasteiger partial charge in [0.1, 0.15) is 24.4 Å². The largest absolute Gasteiger partial charge is 0.385 e. The van der Waals surface area contributed by atoms with Crippen LogP contribution in [0.5, 0.6) is 0 Å². The smallest absolute Gasteiger partial charge is 0.186 e. The Hall–Kier alpha value is -2.36. The Labute approximate surface area is 212 Å². The van der Waals surface area contributed by atoms with Crippen molar-refractivity contribution in [3.63, 3.8) is 0 Å². The molecule has 0 saturated carbocycles. The fourth-order valence-electron chi connectivity index (χ4n) is 4.81. The van der Waals surface area contributed by atoms with E-state index in [1.54, 1.807) is 0 Å². The zero-order chi connectivity index (χ0) is 24.7. The molecule has 36 heavy (non-hydrogen) atoms. The van der Waals surface area contributed by atoms with Crippen LogP contribution in [0.2, 0.25) is 0 Å². The zero-order valence-electron chi connectivity index (χ0n) is 20.4. The van der Waals surface area contributed by atoms with Gasteiger partial charge in [0.15, 0.2) is 12.6 Å². The number of benzene rings is 3. The molecular formula is C29H35NO6. The maximum Gasteiger partial charge on any atom is 0.186 e. The van der Waals surface area contributed by atoms with Gasteiger partial charge in [0, 0.05) is 12.2 Å². The predicted molar refractivity (Wildman–Crippen MR) is 136 cm³/mol. The molecule has 7 nitrogen and oxygen atoms in total. The molecule has 0 bridgehead atoms. The molecule has 6 unspecified atom stereocenters. The second-order valence-corrected chi connectivity index (χ2v) is 9.39. The first kappa shape index (κ1) is 25.3. The van der Waals surface area contributed by atoms with Gasteiger partial charge in [0.2, 0.25) is 0 Å². The lowest BCUT2D eigenvalue weighted by atomic mass is 9.97. The quantitative estimate of drug-likeness (QED) is 0.411. The molecule has 6 atom stereocenters. The van der Waals surface area contributed by atoms with Crippen molar-refractivity contribution in [1.82, 2.24) is 0 Å². The third-order valence-corrected chi connectivity index (χ3v) is 6.77. The number of unbranched alkanes of at least 4 members (excludes halogenated alkanes) is 2. The maximum absolute atomic E-state index is 11.3. The Kier molecular flexibility index (Phi) is 8.61. The maximum atomic E-state index is 11.3. The van der Waals surface area contributed by atoms with Crippen LogP contribution in [0.15, 0.2) is 72.8 Å². The van der Waals surface area contributed by atoms with E-state index in [0.717, 1.165) is 35.8 Å². The van der Waals surface area contributed by atoms with E-state index in [4.69, 9.17) is 29.4 Å². The van der Waals surface area contributed by atoms with Gasteiger partial charge in [0.05, 0.1) is 13.2 Å². The normalized spacial score (nSPS) is 28.2. The number of aliphatic hydroxyl groups is 1. The van der Waals surface area contributed by atoms with Crippen molar-refractivity contribution in [2.24, 2.45) is 5.73 Å². The van der Waals surface area contributed by atoms with Crippen LogP contribution in [0.25, 0.3) is 10.8 Å². The lowest BCUT2D eigenvalue weighted by molar-refractivity contribution is -0.367. The van der Waals surface area contributed by atoms with E-state index in [0.29, 0.717) is 26.4 Å². The molecule has 3 N–H and O–H groups in total. The third kappa shape index (κ3) is 5.95. The molecule has 0 aromatic heterocycles. The summed E-state index contributed by atoms with van der Waals surface area (Å²) in [6.07, 6.45) is -1.16. The Morgan fingerprint density at radius 3 is 2.50 bits per heavy atom. The van der Waals surface area contributed by atoms with Crippen LogP contribution in [-0.4, -0.2) is 55.6 Å². The van der Waals surface area contributed by atoms with Crippen LogP contribution in [-0.2, 0) is 30.3 Å². The molecule has 2 aliphatic rings. The van der Waals surface area contributed by atoms with Crippen LogP contribution in [0, 0.1) is 0 Å². The summed E-state index contributed by atoms with van der Waals surface area (Å²) in [6, 6.07) is 24.2. The molecule has 7 heteroatoms. The molecular weight excluding hydrogens is 458 g/mol. The first-order valence-corrected chi connectivity index (χ1v) is 12.8. The van der Waals surface area contributed by atoms with E-state index in [-0.39, 0.29) is 0 Å². The van der Waals surface area contributed by atoms with Gasteiger partial charge in [-0.05, 0) is 48.2 Å². The lowest BCUT2D eigenvalue weighted by Gasteiger charge is -2.47. The van der Waals surface area contributed by atoms with Crippen molar-refractivity contribution < 1.29 is 28.8 Å². The molecule has 2 aliphatic heterocycles. The van der Waals surface area contributed by atoms with Gasteiger partial charge in [0.25, 0.3) is 0 Å². The minimum Gasteiger partial charge on any atom is -0.385 e. The van der Waals surface area contributed by atoms with Crippen LogP contribution < -0.4 is 5.73 Å². The third-order valence-electron chi connectivity index (χ3n) is 6.77. The Morgan fingerprint density at radius 1 is 0.861 bits per heavy atom. The average Bonchev–Trinajstić information content (AvgIpc) is 2.93. The summed E-state index contributed by atoms with van der Waals surface area (Å²) in [4.78, 5) is 0. The second-order valence-electron chi connectivity index (χ2n) is 9.39. The highest BCUT2D eigenvalue weighted by Gasteiger charge is 2.50. The number of ether oxygens (including phenoxy) is 5. The molecule has 2 heterocycles. The van der Waals surface area contributed by atoms with E-state index in [1.807, 2.05) is 42.5 Å². The molecule has 2 saturated heterocycles. The van der Waals surface area contributed by atoms with E-state index in [1.165, 1.54) is 5.39 Å². The molecule has 3 aromatic carbocycles. The molecule has 5 rings (SSSR count). The molecule has 2 fully saturated rings. The lowest BCUT2D eigenvalue weighted by Crippen LogP contribution is -2.63.